The zero-order chi connectivity index (χ0) is 19.3. The summed E-state index contributed by atoms with van der Waals surface area (Å²) in [6.45, 7) is 1.51. The number of sulfone groups is 1. The lowest BCUT2D eigenvalue weighted by Gasteiger charge is -2.26. The van der Waals surface area contributed by atoms with E-state index in [1.165, 1.54) is 0 Å². The normalized spacial score (nSPS) is 16.6. The van der Waals surface area contributed by atoms with E-state index < -0.39 is 15.8 Å². The molecule has 6 nitrogen and oxygen atoms in total. The summed E-state index contributed by atoms with van der Waals surface area (Å²) < 4.78 is 28.2. The van der Waals surface area contributed by atoms with Gasteiger partial charge in [-0.25, -0.2) is 13.2 Å². The van der Waals surface area contributed by atoms with E-state index in [1.807, 2.05) is 11.0 Å². The van der Waals surface area contributed by atoms with Crippen molar-refractivity contribution < 1.29 is 22.7 Å². The molecule has 3 rings (SSSR count). The van der Waals surface area contributed by atoms with Gasteiger partial charge in [0.25, 0.3) is 0 Å². The molecule has 0 aliphatic carbocycles. The molecule has 2 aromatic rings. The Hall–Kier alpha value is -2.51. The number of ketones is 1. The van der Waals surface area contributed by atoms with Crippen molar-refractivity contribution in [3.63, 3.8) is 0 Å². The minimum atomic E-state index is -2.93. The van der Waals surface area contributed by atoms with Crippen LogP contribution < -0.4 is 0 Å². The van der Waals surface area contributed by atoms with Crippen molar-refractivity contribution in [3.05, 3.63) is 71.3 Å². The summed E-state index contributed by atoms with van der Waals surface area (Å²) in [7, 11) is -2.93. The van der Waals surface area contributed by atoms with Crippen molar-refractivity contribution in [2.24, 2.45) is 0 Å². The molecule has 0 unspecified atom stereocenters. The maximum atomic E-state index is 12.7. The Morgan fingerprint density at radius 1 is 0.889 bits per heavy atom. The summed E-state index contributed by atoms with van der Waals surface area (Å²) in [5, 5.41) is 0. The van der Waals surface area contributed by atoms with Crippen LogP contribution in [0.1, 0.15) is 26.3 Å². The lowest BCUT2D eigenvalue weighted by molar-refractivity contribution is 0.0463. The highest BCUT2D eigenvalue weighted by Gasteiger charge is 2.22. The van der Waals surface area contributed by atoms with Crippen molar-refractivity contribution in [1.82, 2.24) is 4.90 Å². The average molecular weight is 387 g/mol. The molecule has 7 heteroatoms. The Morgan fingerprint density at radius 2 is 1.48 bits per heavy atom. The van der Waals surface area contributed by atoms with E-state index in [4.69, 9.17) is 4.74 Å². The molecule has 1 aliphatic rings. The fraction of sp³-hybridized carbons (Fsp3) is 0.300. The van der Waals surface area contributed by atoms with Crippen molar-refractivity contribution in [3.8, 4) is 0 Å². The molecule has 0 bridgehead atoms. The summed E-state index contributed by atoms with van der Waals surface area (Å²) in [5.41, 5.74) is 1.04. The van der Waals surface area contributed by atoms with Gasteiger partial charge in [0, 0.05) is 30.8 Å². The molecule has 142 valence electrons. The third kappa shape index (κ3) is 5.02. The fourth-order valence-electron chi connectivity index (χ4n) is 2.92. The van der Waals surface area contributed by atoms with E-state index in [0.717, 1.165) is 0 Å². The number of hydrogen-bond acceptors (Lipinski definition) is 6. The number of esters is 1. The van der Waals surface area contributed by atoms with Crippen LogP contribution in [-0.2, 0) is 14.6 Å². The van der Waals surface area contributed by atoms with Gasteiger partial charge >= 0.3 is 5.97 Å². The fourth-order valence-corrected chi connectivity index (χ4v) is 4.20. The lowest BCUT2D eigenvalue weighted by atomic mass is 9.98. The molecule has 0 radical (unpaired) electrons. The molecule has 0 spiro atoms. The molecule has 0 aromatic heterocycles. The van der Waals surface area contributed by atoms with Crippen LogP contribution in [0.3, 0.4) is 0 Å². The zero-order valence-electron chi connectivity index (χ0n) is 14.8. The van der Waals surface area contributed by atoms with E-state index in [-0.39, 0.29) is 29.5 Å². The molecule has 0 N–H and O–H groups in total. The molecule has 0 amide bonds. The van der Waals surface area contributed by atoms with Crippen molar-refractivity contribution in [2.75, 3.05) is 37.7 Å². The van der Waals surface area contributed by atoms with Gasteiger partial charge in [-0.15, -0.1) is 0 Å². The molecule has 27 heavy (non-hydrogen) atoms. The van der Waals surface area contributed by atoms with Crippen LogP contribution in [-0.4, -0.2) is 62.8 Å². The number of rotatable bonds is 6. The first-order chi connectivity index (χ1) is 13.0. The predicted octanol–water partition coefficient (Wildman–Crippen LogP) is 1.80. The van der Waals surface area contributed by atoms with Crippen LogP contribution in [0.4, 0.5) is 0 Å². The summed E-state index contributed by atoms with van der Waals surface area (Å²) >= 11 is 0. The third-order valence-corrected chi connectivity index (χ3v) is 6.11. The predicted molar refractivity (Wildman–Crippen MR) is 102 cm³/mol. The van der Waals surface area contributed by atoms with Gasteiger partial charge in [-0.05, 0) is 6.07 Å². The second-order valence-electron chi connectivity index (χ2n) is 6.37. The molecular weight excluding hydrogens is 366 g/mol. The van der Waals surface area contributed by atoms with Gasteiger partial charge < -0.3 is 4.74 Å². The molecule has 1 aliphatic heterocycles. The number of benzene rings is 2. The number of nitrogens with zero attached hydrogens (tertiary/aromatic N) is 1. The average Bonchev–Trinajstić information content (AvgIpc) is 2.69. The van der Waals surface area contributed by atoms with Gasteiger partial charge in [0.1, 0.15) is 6.61 Å². The van der Waals surface area contributed by atoms with E-state index in [2.05, 4.69) is 0 Å². The standard InChI is InChI=1S/C20H21NO5S/c22-19(16-6-2-1-3-7-16)17-8-4-5-9-18(17)20(23)26-13-10-21-11-14-27(24,25)15-12-21/h1-9H,10-15H2. The first-order valence-electron chi connectivity index (χ1n) is 8.75. The van der Waals surface area contributed by atoms with Crippen molar-refractivity contribution in [1.29, 1.82) is 0 Å². The Bertz CT molecular complexity index is 910. The van der Waals surface area contributed by atoms with Crippen molar-refractivity contribution in [2.45, 2.75) is 0 Å². The van der Waals surface area contributed by atoms with Crippen LogP contribution in [0, 0.1) is 0 Å². The molecule has 0 saturated carbocycles. The maximum absolute atomic E-state index is 12.7. The summed E-state index contributed by atoms with van der Waals surface area (Å²) in [4.78, 5) is 27.1. The third-order valence-electron chi connectivity index (χ3n) is 4.51. The Kier molecular flexibility index (Phi) is 6.03. The van der Waals surface area contributed by atoms with Crippen LogP contribution in [0.15, 0.2) is 54.6 Å². The van der Waals surface area contributed by atoms with Crippen LogP contribution >= 0.6 is 0 Å². The summed E-state index contributed by atoms with van der Waals surface area (Å²) in [5.74, 6) is -0.519. The largest absolute Gasteiger partial charge is 0.461 e. The molecule has 1 heterocycles. The Morgan fingerprint density at radius 3 is 2.15 bits per heavy atom. The van der Waals surface area contributed by atoms with Gasteiger partial charge in [-0.3, -0.25) is 9.69 Å². The molecule has 1 fully saturated rings. The SMILES string of the molecule is O=C(OCCN1CCS(=O)(=O)CC1)c1ccccc1C(=O)c1ccccc1. The number of carbonyl (C=O) groups is 2. The van der Waals surface area contributed by atoms with E-state index in [0.29, 0.717) is 30.8 Å². The quantitative estimate of drug-likeness (QED) is 0.555. The number of hydrogen-bond donors (Lipinski definition) is 0. The maximum Gasteiger partial charge on any atom is 0.338 e. The van der Waals surface area contributed by atoms with Gasteiger partial charge in [-0.1, -0.05) is 48.5 Å². The van der Waals surface area contributed by atoms with E-state index >= 15 is 0 Å². The van der Waals surface area contributed by atoms with E-state index in [1.54, 1.807) is 48.5 Å². The van der Waals surface area contributed by atoms with Crippen LogP contribution in [0.5, 0.6) is 0 Å². The smallest absolute Gasteiger partial charge is 0.338 e. The second kappa shape index (κ2) is 8.45. The van der Waals surface area contributed by atoms with E-state index in [9.17, 15) is 18.0 Å². The van der Waals surface area contributed by atoms with Crippen molar-refractivity contribution >= 4 is 21.6 Å². The highest BCUT2D eigenvalue weighted by Crippen LogP contribution is 2.16. The number of ether oxygens (including phenoxy) is 1. The molecule has 2 aromatic carbocycles. The molecule has 1 saturated heterocycles. The molecular formula is C20H21NO5S. The highest BCUT2D eigenvalue weighted by molar-refractivity contribution is 7.91. The zero-order valence-corrected chi connectivity index (χ0v) is 15.7. The van der Waals surface area contributed by atoms with Gasteiger partial charge in [0.15, 0.2) is 15.6 Å². The minimum Gasteiger partial charge on any atom is -0.461 e. The summed E-state index contributed by atoms with van der Waals surface area (Å²) in [6.07, 6.45) is 0. The number of carbonyl (C=O) groups excluding carboxylic acids is 2. The first-order valence-corrected chi connectivity index (χ1v) is 10.6. The summed E-state index contributed by atoms with van der Waals surface area (Å²) in [6, 6.07) is 15.4. The van der Waals surface area contributed by atoms with Gasteiger partial charge in [-0.2, -0.15) is 0 Å². The molecule has 0 atom stereocenters. The highest BCUT2D eigenvalue weighted by atomic mass is 32.2. The Labute approximate surface area is 158 Å². The monoisotopic (exact) mass is 387 g/mol. The van der Waals surface area contributed by atoms with Gasteiger partial charge in [0.2, 0.25) is 0 Å². The van der Waals surface area contributed by atoms with Gasteiger partial charge in [0.05, 0.1) is 17.1 Å². The first kappa shape index (κ1) is 19.3. The Balaban J connectivity index is 1.61. The van der Waals surface area contributed by atoms with Crippen LogP contribution in [0.2, 0.25) is 0 Å². The van der Waals surface area contributed by atoms with Crippen LogP contribution in [0.25, 0.3) is 0 Å². The topological polar surface area (TPSA) is 80.8 Å². The minimum absolute atomic E-state index is 0.134. The second-order valence-corrected chi connectivity index (χ2v) is 8.67. The lowest BCUT2D eigenvalue weighted by Crippen LogP contribution is -2.41.